The molecule has 3 heterocycles. The zero-order chi connectivity index (χ0) is 50.0. The predicted octanol–water partition coefficient (Wildman–Crippen LogP) is 11.3. The lowest BCUT2D eigenvalue weighted by molar-refractivity contribution is -0.384. The molecule has 2 fully saturated rings. The second kappa shape index (κ2) is 20.9. The van der Waals surface area contributed by atoms with Gasteiger partial charge in [0.2, 0.25) is 0 Å². The molecular formula is C53H68ClN7O7SSi. The first kappa shape index (κ1) is 51.1. The summed E-state index contributed by atoms with van der Waals surface area (Å²) in [6.45, 7) is 23.0. The molecule has 8 rings (SSSR count). The minimum atomic E-state index is -4.58. The molecule has 1 amide bonds. The highest BCUT2D eigenvalue weighted by atomic mass is 35.5. The van der Waals surface area contributed by atoms with Crippen LogP contribution in [0.25, 0.3) is 16.5 Å². The lowest BCUT2D eigenvalue weighted by Gasteiger charge is -2.39. The number of fused-ring (bicyclic) bond motifs is 1. The van der Waals surface area contributed by atoms with Gasteiger partial charge in [-0.3, -0.25) is 19.8 Å². The topological polar surface area (TPSA) is 162 Å². The number of hydrogen-bond donors (Lipinski definition) is 3. The molecule has 2 saturated heterocycles. The van der Waals surface area contributed by atoms with Gasteiger partial charge in [-0.2, -0.15) is 0 Å². The Bertz CT molecular complexity index is 2850. The van der Waals surface area contributed by atoms with Crippen molar-refractivity contribution >= 4 is 69.4 Å². The lowest BCUT2D eigenvalue weighted by Crippen LogP contribution is -2.47. The van der Waals surface area contributed by atoms with Crippen LogP contribution in [0.4, 0.5) is 17.1 Å². The Labute approximate surface area is 419 Å². The minimum Gasteiger partial charge on any atom is -0.456 e. The number of anilines is 2. The third kappa shape index (κ3) is 12.1. The van der Waals surface area contributed by atoms with Crippen molar-refractivity contribution in [2.24, 2.45) is 5.41 Å². The molecule has 0 bridgehead atoms. The number of nitro groups is 1. The van der Waals surface area contributed by atoms with Gasteiger partial charge >= 0.3 is 0 Å². The normalized spacial score (nSPS) is 17.7. The average Bonchev–Trinajstić information content (AvgIpc) is 3.80. The number of ether oxygens (including phenoxy) is 1. The Morgan fingerprint density at radius 1 is 0.929 bits per heavy atom. The van der Waals surface area contributed by atoms with E-state index in [2.05, 4.69) is 89.6 Å². The van der Waals surface area contributed by atoms with Crippen molar-refractivity contribution < 1.29 is 27.3 Å². The zero-order valence-electron chi connectivity index (χ0n) is 41.6. The number of aromatic nitrogens is 1. The second-order valence-corrected chi connectivity index (χ2v) is 28.3. The fourth-order valence-electron chi connectivity index (χ4n) is 9.50. The number of likely N-dealkylation sites (tertiary alicyclic amines) is 1. The zero-order valence-corrected chi connectivity index (χ0v) is 44.1. The third-order valence-corrected chi connectivity index (χ3v) is 21.0. The van der Waals surface area contributed by atoms with Crippen molar-refractivity contribution in [1.29, 1.82) is 0 Å². The third-order valence-electron chi connectivity index (χ3n) is 14.8. The summed E-state index contributed by atoms with van der Waals surface area (Å²) in [5.41, 5.74) is 5.83. The lowest BCUT2D eigenvalue weighted by atomic mass is 9.72. The molecule has 70 heavy (non-hydrogen) atoms. The number of piperazine rings is 1. The molecule has 0 atom stereocenters. The number of sulfonamides is 1. The van der Waals surface area contributed by atoms with Crippen LogP contribution in [0.3, 0.4) is 0 Å². The Balaban J connectivity index is 0.953. The summed E-state index contributed by atoms with van der Waals surface area (Å²) < 4.78 is 42.9. The number of nitrogens with zero attached hydrogens (tertiary/aromatic N) is 4. The maximum Gasteiger partial charge on any atom is 0.293 e. The van der Waals surface area contributed by atoms with Gasteiger partial charge in [0.05, 0.1) is 15.4 Å². The second-order valence-electron chi connectivity index (χ2n) is 21.4. The number of nitro benzene ring substituents is 1. The number of aromatic amines is 1. The molecule has 5 aromatic rings. The fourth-order valence-corrected chi connectivity index (χ4v) is 11.6. The maximum atomic E-state index is 14.1. The van der Waals surface area contributed by atoms with E-state index in [0.29, 0.717) is 12.4 Å². The number of hydrogen-bond acceptors (Lipinski definition) is 11. The molecule has 17 heteroatoms. The van der Waals surface area contributed by atoms with E-state index in [9.17, 15) is 23.3 Å². The van der Waals surface area contributed by atoms with Crippen molar-refractivity contribution in [1.82, 2.24) is 19.5 Å². The predicted molar refractivity (Wildman–Crippen MR) is 283 cm³/mol. The highest BCUT2D eigenvalue weighted by Gasteiger charge is 2.37. The van der Waals surface area contributed by atoms with Crippen molar-refractivity contribution in [2.75, 3.05) is 69.2 Å². The number of carbonyl (C=O) groups excluding carboxylic acids is 1. The Hall–Kier alpha value is -5.23. The summed E-state index contributed by atoms with van der Waals surface area (Å²) >= 11 is 6.26. The summed E-state index contributed by atoms with van der Waals surface area (Å²) in [6.07, 6.45) is 6.52. The van der Waals surface area contributed by atoms with Crippen molar-refractivity contribution in [3.8, 4) is 11.5 Å². The van der Waals surface area contributed by atoms with Gasteiger partial charge < -0.3 is 29.3 Å². The van der Waals surface area contributed by atoms with Crippen LogP contribution in [-0.4, -0.2) is 107 Å². The van der Waals surface area contributed by atoms with E-state index >= 15 is 0 Å². The van der Waals surface area contributed by atoms with E-state index < -0.39 is 39.8 Å². The number of allylic oxidation sites excluding steroid dienone is 1. The quantitative estimate of drug-likeness (QED) is 0.0490. The molecule has 0 spiro atoms. The summed E-state index contributed by atoms with van der Waals surface area (Å²) in [5, 5.41) is 17.4. The van der Waals surface area contributed by atoms with Crippen LogP contribution in [0.1, 0.15) is 82.6 Å². The van der Waals surface area contributed by atoms with Crippen LogP contribution < -0.4 is 19.7 Å². The first-order chi connectivity index (χ1) is 33.1. The molecule has 1 aliphatic carbocycles. The highest BCUT2D eigenvalue weighted by Crippen LogP contribution is 2.44. The number of amides is 1. The van der Waals surface area contributed by atoms with Crippen LogP contribution in [0.2, 0.25) is 23.2 Å². The molecule has 14 nitrogen and oxygen atoms in total. The number of benzene rings is 4. The molecule has 2 aliphatic heterocycles. The summed E-state index contributed by atoms with van der Waals surface area (Å²) in [5.74, 6) is -0.277. The standard InChI is InChI=1S/C53H68ClN7O7SSi/c1-52(2,3)70(6,7)67-32-31-58-25-21-40(22-26-58)56-47-18-16-42(34-48(47)61(63)64)69(65,66)57-51(62)44-17-15-41(33-50(44)68-49-10-8-9-46-43(49)20-24-55-46)60-29-27-59(28-30-60)36-38-19-23-53(4,5)35-45(38)37-11-13-39(54)14-12-37/h8-18,20,24,33-34,40,55-56H,19,21-23,25-32,35-36H2,1-7H3,(H,57,62). The number of halogens is 1. The summed E-state index contributed by atoms with van der Waals surface area (Å²) in [7, 11) is -6.43. The smallest absolute Gasteiger partial charge is 0.293 e. The van der Waals surface area contributed by atoms with Gasteiger partial charge in [-0.05, 0) is 121 Å². The highest BCUT2D eigenvalue weighted by molar-refractivity contribution is 7.90. The molecule has 374 valence electrons. The largest absolute Gasteiger partial charge is 0.456 e. The fraction of sp³-hybridized carbons (Fsp3) is 0.453. The van der Waals surface area contributed by atoms with Crippen LogP contribution in [0.15, 0.2) is 102 Å². The number of piperidine rings is 1. The monoisotopic (exact) mass is 1010 g/mol. The van der Waals surface area contributed by atoms with Crippen molar-refractivity contribution in [3.05, 3.63) is 123 Å². The number of rotatable bonds is 16. The average molecular weight is 1010 g/mol. The SMILES string of the molecule is CC1(C)CCC(CN2CCN(c3ccc(C(=O)NS(=O)(=O)c4ccc(NC5CCN(CCO[Si](C)(C)C(C)(C)C)CC5)c([N+](=O)[O-])c4)c(Oc4cccc5[nH]ccc45)c3)CC2)=C(c2ccc(Cl)cc2)C1. The first-order valence-electron chi connectivity index (χ1n) is 24.5. The number of H-pyrrole nitrogens is 1. The Morgan fingerprint density at radius 3 is 2.36 bits per heavy atom. The van der Waals surface area contributed by atoms with Crippen LogP contribution in [0.5, 0.6) is 11.5 Å². The first-order valence-corrected chi connectivity index (χ1v) is 29.2. The molecule has 0 unspecified atom stereocenters. The summed E-state index contributed by atoms with van der Waals surface area (Å²) in [4.78, 5) is 35.8. The Kier molecular flexibility index (Phi) is 15.2. The van der Waals surface area contributed by atoms with E-state index in [4.69, 9.17) is 20.8 Å². The molecule has 0 saturated carbocycles. The molecular weight excluding hydrogens is 942 g/mol. The number of nitrogens with one attached hydrogen (secondary N) is 3. The van der Waals surface area contributed by atoms with Gasteiger partial charge in [0.25, 0.3) is 21.6 Å². The van der Waals surface area contributed by atoms with Crippen molar-refractivity contribution in [2.45, 2.75) is 95.8 Å². The maximum absolute atomic E-state index is 14.1. The van der Waals surface area contributed by atoms with Gasteiger partial charge in [0.1, 0.15) is 17.2 Å². The van der Waals surface area contributed by atoms with E-state index in [1.165, 1.54) is 28.8 Å². The van der Waals surface area contributed by atoms with Crippen LogP contribution in [-0.2, 0) is 14.4 Å². The molecule has 1 aromatic heterocycles. The Morgan fingerprint density at radius 2 is 1.66 bits per heavy atom. The minimum absolute atomic E-state index is 0.00827. The van der Waals surface area contributed by atoms with E-state index in [1.54, 1.807) is 24.4 Å². The molecule has 3 N–H and O–H groups in total. The van der Waals surface area contributed by atoms with Gasteiger partial charge in [0.15, 0.2) is 8.32 Å². The summed E-state index contributed by atoms with van der Waals surface area (Å²) in [6, 6.07) is 24.4. The van der Waals surface area contributed by atoms with Crippen LogP contribution >= 0.6 is 11.6 Å². The van der Waals surface area contributed by atoms with E-state index in [0.717, 1.165) is 112 Å². The number of carbonyl (C=O) groups is 1. The van der Waals surface area contributed by atoms with E-state index in [-0.39, 0.29) is 33.5 Å². The van der Waals surface area contributed by atoms with Gasteiger partial charge in [-0.15, -0.1) is 0 Å². The van der Waals surface area contributed by atoms with Gasteiger partial charge in [0, 0.05) is 105 Å². The van der Waals surface area contributed by atoms with Gasteiger partial charge in [-0.25, -0.2) is 13.1 Å². The van der Waals surface area contributed by atoms with Gasteiger partial charge in [-0.1, -0.05) is 70.0 Å². The molecule has 3 aliphatic rings. The van der Waals surface area contributed by atoms with E-state index in [1.807, 2.05) is 36.4 Å². The molecule has 4 aromatic carbocycles. The molecule has 0 radical (unpaired) electrons. The van der Waals surface area contributed by atoms with Crippen LogP contribution in [0, 0.1) is 15.5 Å². The van der Waals surface area contributed by atoms with Crippen molar-refractivity contribution in [3.63, 3.8) is 0 Å².